The van der Waals surface area contributed by atoms with Gasteiger partial charge in [-0.1, -0.05) is 25.5 Å². The van der Waals surface area contributed by atoms with Crippen LogP contribution >= 0.6 is 11.3 Å². The fourth-order valence-corrected chi connectivity index (χ4v) is 4.17. The van der Waals surface area contributed by atoms with Gasteiger partial charge in [-0.05, 0) is 35.6 Å². The fourth-order valence-electron chi connectivity index (χ4n) is 3.58. The number of esters is 1. The number of thiophene rings is 1. The predicted molar refractivity (Wildman–Crippen MR) is 114 cm³/mol. The smallest absolute Gasteiger partial charge is 0.353 e. The zero-order chi connectivity index (χ0) is 22.0. The molecular formula is C22H20N4O4S. The average molecular weight is 436 g/mol. The number of nitrogens with zero attached hydrogens (tertiary/aromatic N) is 2. The first-order chi connectivity index (χ1) is 15.1. The van der Waals surface area contributed by atoms with Crippen molar-refractivity contribution in [2.45, 2.75) is 25.7 Å². The van der Waals surface area contributed by atoms with Crippen LogP contribution in [0.4, 0.5) is 0 Å². The first-order valence-corrected chi connectivity index (χ1v) is 10.5. The van der Waals surface area contributed by atoms with Crippen LogP contribution in [0, 0.1) is 11.3 Å². The van der Waals surface area contributed by atoms with Crippen molar-refractivity contribution in [1.82, 2.24) is 10.2 Å². The van der Waals surface area contributed by atoms with Crippen molar-refractivity contribution in [3.05, 3.63) is 68.9 Å². The Morgan fingerprint density at radius 3 is 2.90 bits per heavy atom. The second-order valence-electron chi connectivity index (χ2n) is 6.87. The molecule has 0 fully saturated rings. The number of H-pyrrole nitrogens is 1. The monoisotopic (exact) mass is 436 g/mol. The van der Waals surface area contributed by atoms with Gasteiger partial charge < -0.3 is 19.9 Å². The van der Waals surface area contributed by atoms with E-state index < -0.39 is 11.9 Å². The van der Waals surface area contributed by atoms with Crippen molar-refractivity contribution in [2.24, 2.45) is 5.73 Å². The number of benzene rings is 1. The Morgan fingerprint density at radius 1 is 1.39 bits per heavy atom. The number of carbonyl (C=O) groups excluding carboxylic acids is 1. The first kappa shape index (κ1) is 20.5. The molecule has 0 saturated heterocycles. The normalized spacial score (nSPS) is 15.1. The number of aromatic nitrogens is 2. The van der Waals surface area contributed by atoms with E-state index in [1.807, 2.05) is 0 Å². The molecule has 1 atom stereocenters. The molecule has 3 aromatic rings. The van der Waals surface area contributed by atoms with Gasteiger partial charge in [0.15, 0.2) is 11.5 Å². The second-order valence-corrected chi connectivity index (χ2v) is 7.82. The van der Waals surface area contributed by atoms with E-state index in [2.05, 4.69) is 23.2 Å². The van der Waals surface area contributed by atoms with Gasteiger partial charge in [-0.3, -0.25) is 5.10 Å². The molecule has 0 radical (unpaired) electrons. The molecule has 0 amide bonds. The lowest BCUT2D eigenvalue weighted by Gasteiger charge is -2.24. The van der Waals surface area contributed by atoms with E-state index in [0.717, 1.165) is 29.7 Å². The van der Waals surface area contributed by atoms with E-state index >= 15 is 0 Å². The quantitative estimate of drug-likeness (QED) is 0.444. The summed E-state index contributed by atoms with van der Waals surface area (Å²) in [5.74, 6) is 0.0837. The van der Waals surface area contributed by atoms with Crippen molar-refractivity contribution in [1.29, 1.82) is 5.26 Å². The van der Waals surface area contributed by atoms with Crippen LogP contribution in [-0.4, -0.2) is 23.3 Å². The maximum absolute atomic E-state index is 12.4. The highest BCUT2D eigenvalue weighted by Crippen LogP contribution is 2.45. The predicted octanol–water partition coefficient (Wildman–Crippen LogP) is 3.87. The van der Waals surface area contributed by atoms with E-state index in [1.165, 1.54) is 18.4 Å². The molecule has 1 aromatic carbocycles. The lowest BCUT2D eigenvalue weighted by atomic mass is 9.83. The SMILES string of the molecule is CCCc1[nH]nc2c1C(c1ccc(OC(=O)c3cccs3)c(OC)c1)C(C#N)=C(N)O2. The molecule has 0 spiro atoms. The summed E-state index contributed by atoms with van der Waals surface area (Å²) in [5.41, 5.74) is 8.71. The molecule has 4 rings (SSSR count). The zero-order valence-corrected chi connectivity index (χ0v) is 17.8. The summed E-state index contributed by atoms with van der Waals surface area (Å²) in [6.45, 7) is 2.06. The van der Waals surface area contributed by atoms with Crippen molar-refractivity contribution in [3.8, 4) is 23.4 Å². The van der Waals surface area contributed by atoms with E-state index in [0.29, 0.717) is 16.5 Å². The summed E-state index contributed by atoms with van der Waals surface area (Å²) in [4.78, 5) is 12.8. The minimum Gasteiger partial charge on any atom is -0.493 e. The highest BCUT2D eigenvalue weighted by Gasteiger charge is 2.35. The standard InChI is InChI=1S/C22H20N4O4S/c1-3-5-14-19-18(13(11-23)20(24)30-21(19)26-25-14)12-7-8-15(16(10-12)28-2)29-22(27)17-6-4-9-31-17/h4,6-10,18H,3,5,24H2,1-2H3,(H,25,26). The van der Waals surface area contributed by atoms with Crippen LogP contribution in [0.2, 0.25) is 0 Å². The van der Waals surface area contributed by atoms with E-state index in [4.69, 9.17) is 19.9 Å². The summed E-state index contributed by atoms with van der Waals surface area (Å²) in [7, 11) is 1.49. The summed E-state index contributed by atoms with van der Waals surface area (Å²) < 4.78 is 16.6. The Labute approximate surface area is 182 Å². The highest BCUT2D eigenvalue weighted by molar-refractivity contribution is 7.12. The van der Waals surface area contributed by atoms with Gasteiger partial charge in [-0.15, -0.1) is 16.4 Å². The number of carbonyl (C=O) groups is 1. The topological polar surface area (TPSA) is 123 Å². The van der Waals surface area contributed by atoms with Gasteiger partial charge in [-0.25, -0.2) is 4.79 Å². The summed E-state index contributed by atoms with van der Waals surface area (Å²) in [6.07, 6.45) is 1.64. The number of ether oxygens (including phenoxy) is 3. The Balaban J connectivity index is 1.76. The Kier molecular flexibility index (Phi) is 5.64. The van der Waals surface area contributed by atoms with Crippen LogP contribution in [0.1, 0.15) is 45.8 Å². The van der Waals surface area contributed by atoms with Gasteiger partial charge in [0, 0.05) is 11.3 Å². The molecule has 1 aliphatic rings. The number of allylic oxidation sites excluding steroid dienone is 1. The minimum atomic E-state index is -0.481. The fraction of sp³-hybridized carbons (Fsp3) is 0.227. The molecule has 9 heteroatoms. The molecule has 1 unspecified atom stereocenters. The summed E-state index contributed by atoms with van der Waals surface area (Å²) in [6, 6.07) is 10.8. The molecular weight excluding hydrogens is 416 g/mol. The van der Waals surface area contributed by atoms with Crippen LogP contribution in [0.15, 0.2) is 47.2 Å². The molecule has 8 nitrogen and oxygen atoms in total. The first-order valence-electron chi connectivity index (χ1n) is 9.65. The molecule has 158 valence electrons. The minimum absolute atomic E-state index is 0.0155. The molecule has 2 aromatic heterocycles. The Morgan fingerprint density at radius 2 is 2.23 bits per heavy atom. The van der Waals surface area contributed by atoms with E-state index in [-0.39, 0.29) is 17.2 Å². The molecule has 31 heavy (non-hydrogen) atoms. The van der Waals surface area contributed by atoms with Crippen LogP contribution in [0.3, 0.4) is 0 Å². The maximum atomic E-state index is 12.4. The molecule has 0 aliphatic carbocycles. The van der Waals surface area contributed by atoms with Crippen molar-refractivity contribution in [3.63, 3.8) is 0 Å². The third kappa shape index (κ3) is 3.73. The van der Waals surface area contributed by atoms with Crippen molar-refractivity contribution < 1.29 is 19.0 Å². The van der Waals surface area contributed by atoms with Crippen LogP contribution < -0.4 is 19.9 Å². The van der Waals surface area contributed by atoms with Gasteiger partial charge in [0.1, 0.15) is 16.5 Å². The van der Waals surface area contributed by atoms with E-state index in [9.17, 15) is 10.1 Å². The molecule has 3 N–H and O–H groups in total. The van der Waals surface area contributed by atoms with Gasteiger partial charge in [0.2, 0.25) is 11.8 Å². The molecule has 0 bridgehead atoms. The maximum Gasteiger partial charge on any atom is 0.353 e. The molecule has 3 heterocycles. The number of hydrogen-bond acceptors (Lipinski definition) is 8. The van der Waals surface area contributed by atoms with Gasteiger partial charge in [0.05, 0.1) is 13.0 Å². The zero-order valence-electron chi connectivity index (χ0n) is 17.0. The largest absolute Gasteiger partial charge is 0.493 e. The van der Waals surface area contributed by atoms with Gasteiger partial charge in [0.25, 0.3) is 0 Å². The highest BCUT2D eigenvalue weighted by atomic mass is 32.1. The van der Waals surface area contributed by atoms with E-state index in [1.54, 1.807) is 35.7 Å². The van der Waals surface area contributed by atoms with Gasteiger partial charge >= 0.3 is 5.97 Å². The third-order valence-electron chi connectivity index (χ3n) is 4.96. The van der Waals surface area contributed by atoms with Crippen LogP contribution in [-0.2, 0) is 6.42 Å². The number of aryl methyl sites for hydroxylation is 1. The van der Waals surface area contributed by atoms with Gasteiger partial charge in [-0.2, -0.15) is 5.26 Å². The lowest BCUT2D eigenvalue weighted by Crippen LogP contribution is -2.21. The Hall–Kier alpha value is -3.77. The number of aromatic amines is 1. The molecule has 1 aliphatic heterocycles. The lowest BCUT2D eigenvalue weighted by molar-refractivity contribution is 0.0735. The summed E-state index contributed by atoms with van der Waals surface area (Å²) in [5, 5.41) is 18.8. The summed E-state index contributed by atoms with van der Waals surface area (Å²) >= 11 is 1.30. The average Bonchev–Trinajstić information content (AvgIpc) is 3.44. The number of nitrogens with two attached hydrogens (primary N) is 1. The van der Waals surface area contributed by atoms with Crippen LogP contribution in [0.5, 0.6) is 17.4 Å². The van der Waals surface area contributed by atoms with Crippen molar-refractivity contribution in [2.75, 3.05) is 7.11 Å². The second kappa shape index (κ2) is 8.53. The molecule has 0 saturated carbocycles. The van der Waals surface area contributed by atoms with Crippen molar-refractivity contribution >= 4 is 17.3 Å². The number of fused-ring (bicyclic) bond motifs is 1. The number of methoxy groups -OCH3 is 1. The van der Waals surface area contributed by atoms with Crippen LogP contribution in [0.25, 0.3) is 0 Å². The Bertz CT molecular complexity index is 1190. The number of nitrogens with one attached hydrogen (secondary N) is 1. The number of hydrogen-bond donors (Lipinski definition) is 2. The number of rotatable bonds is 6. The number of nitriles is 1. The third-order valence-corrected chi connectivity index (χ3v) is 5.81.